The highest BCUT2D eigenvalue weighted by Gasteiger charge is 2.13. The van der Waals surface area contributed by atoms with E-state index in [0.717, 1.165) is 26.1 Å². The standard InChI is InChI=1S/C9H19N3O2/c1-7(10)9(13)12-3-2-8-6-11-4-5-14-8/h7-8,11H,2-6,10H2,1H3,(H,12,13). The van der Waals surface area contributed by atoms with Crippen LogP contribution in [0.3, 0.4) is 0 Å². The fraction of sp³-hybridized carbons (Fsp3) is 0.889. The number of ether oxygens (including phenoxy) is 1. The van der Waals surface area contributed by atoms with Crippen LogP contribution in [0.2, 0.25) is 0 Å². The zero-order chi connectivity index (χ0) is 10.4. The topological polar surface area (TPSA) is 76.4 Å². The number of nitrogens with one attached hydrogen (secondary N) is 2. The Hall–Kier alpha value is -0.650. The summed E-state index contributed by atoms with van der Waals surface area (Å²) in [6.45, 7) is 4.85. The van der Waals surface area contributed by atoms with Crippen molar-refractivity contribution >= 4 is 5.91 Å². The van der Waals surface area contributed by atoms with E-state index in [9.17, 15) is 4.79 Å². The predicted octanol–water partition coefficient (Wildman–Crippen LogP) is -1.17. The zero-order valence-electron chi connectivity index (χ0n) is 8.58. The zero-order valence-corrected chi connectivity index (χ0v) is 8.58. The summed E-state index contributed by atoms with van der Waals surface area (Å²) >= 11 is 0. The highest BCUT2D eigenvalue weighted by atomic mass is 16.5. The number of nitrogens with two attached hydrogens (primary N) is 1. The minimum absolute atomic E-state index is 0.103. The van der Waals surface area contributed by atoms with E-state index in [0.29, 0.717) is 6.54 Å². The minimum atomic E-state index is -0.430. The van der Waals surface area contributed by atoms with Crippen molar-refractivity contribution in [2.75, 3.05) is 26.2 Å². The van der Waals surface area contributed by atoms with Gasteiger partial charge >= 0.3 is 0 Å². The van der Waals surface area contributed by atoms with Gasteiger partial charge in [0.05, 0.1) is 18.8 Å². The van der Waals surface area contributed by atoms with Gasteiger partial charge in [-0.15, -0.1) is 0 Å². The molecule has 0 aromatic rings. The summed E-state index contributed by atoms with van der Waals surface area (Å²) < 4.78 is 5.48. The molecule has 1 fully saturated rings. The van der Waals surface area contributed by atoms with E-state index in [-0.39, 0.29) is 12.0 Å². The largest absolute Gasteiger partial charge is 0.376 e. The lowest BCUT2D eigenvalue weighted by Crippen LogP contribution is -2.43. The summed E-state index contributed by atoms with van der Waals surface area (Å²) in [6, 6.07) is -0.430. The highest BCUT2D eigenvalue weighted by Crippen LogP contribution is 1.99. The number of hydrogen-bond donors (Lipinski definition) is 3. The quantitative estimate of drug-likeness (QED) is 0.535. The third-order valence-corrected chi connectivity index (χ3v) is 2.18. The molecule has 0 aromatic heterocycles. The lowest BCUT2D eigenvalue weighted by Gasteiger charge is -2.23. The second kappa shape index (κ2) is 5.95. The van der Waals surface area contributed by atoms with Crippen LogP contribution in [0.1, 0.15) is 13.3 Å². The van der Waals surface area contributed by atoms with Gasteiger partial charge in [0.15, 0.2) is 0 Å². The van der Waals surface area contributed by atoms with E-state index in [4.69, 9.17) is 10.5 Å². The Morgan fingerprint density at radius 2 is 2.57 bits per heavy atom. The molecule has 1 aliphatic heterocycles. The lowest BCUT2D eigenvalue weighted by molar-refractivity contribution is -0.122. The monoisotopic (exact) mass is 201 g/mol. The summed E-state index contributed by atoms with van der Waals surface area (Å²) in [4.78, 5) is 11.1. The summed E-state index contributed by atoms with van der Waals surface area (Å²) in [6.07, 6.45) is 1.06. The van der Waals surface area contributed by atoms with Crippen molar-refractivity contribution in [3.8, 4) is 0 Å². The number of amides is 1. The molecule has 5 nitrogen and oxygen atoms in total. The van der Waals surface area contributed by atoms with Gasteiger partial charge in [-0.05, 0) is 13.3 Å². The summed E-state index contributed by atoms with van der Waals surface area (Å²) in [5, 5.41) is 5.99. The van der Waals surface area contributed by atoms with Crippen LogP contribution < -0.4 is 16.4 Å². The van der Waals surface area contributed by atoms with Crippen LogP contribution in [0.25, 0.3) is 0 Å². The third kappa shape index (κ3) is 4.04. The number of morpholine rings is 1. The molecule has 1 saturated heterocycles. The maximum absolute atomic E-state index is 11.1. The van der Waals surface area contributed by atoms with Gasteiger partial charge in [0.1, 0.15) is 0 Å². The first-order valence-corrected chi connectivity index (χ1v) is 5.06. The molecule has 1 amide bonds. The first-order valence-electron chi connectivity index (χ1n) is 5.06. The molecule has 0 aliphatic carbocycles. The maximum Gasteiger partial charge on any atom is 0.236 e. The Morgan fingerprint density at radius 1 is 1.79 bits per heavy atom. The Labute approximate surface area is 84.4 Å². The third-order valence-electron chi connectivity index (χ3n) is 2.18. The van der Waals surface area contributed by atoms with Gasteiger partial charge in [0.25, 0.3) is 0 Å². The van der Waals surface area contributed by atoms with Gasteiger partial charge in [-0.25, -0.2) is 0 Å². The van der Waals surface area contributed by atoms with Crippen molar-refractivity contribution in [1.82, 2.24) is 10.6 Å². The molecular weight excluding hydrogens is 182 g/mol. The first kappa shape index (κ1) is 11.4. The van der Waals surface area contributed by atoms with Crippen molar-refractivity contribution < 1.29 is 9.53 Å². The highest BCUT2D eigenvalue weighted by molar-refractivity contribution is 5.80. The summed E-state index contributed by atoms with van der Waals surface area (Å²) in [5.74, 6) is -0.103. The van der Waals surface area contributed by atoms with E-state index >= 15 is 0 Å². The van der Waals surface area contributed by atoms with E-state index in [1.54, 1.807) is 6.92 Å². The molecular formula is C9H19N3O2. The molecule has 4 N–H and O–H groups in total. The second-order valence-electron chi connectivity index (χ2n) is 3.57. The van der Waals surface area contributed by atoms with Crippen molar-refractivity contribution in [1.29, 1.82) is 0 Å². The van der Waals surface area contributed by atoms with Crippen LogP contribution in [-0.4, -0.2) is 44.3 Å². The Kier molecular flexibility index (Phi) is 4.86. The molecule has 0 saturated carbocycles. The normalized spacial score (nSPS) is 24.3. The molecule has 14 heavy (non-hydrogen) atoms. The lowest BCUT2D eigenvalue weighted by atomic mass is 10.2. The van der Waals surface area contributed by atoms with Crippen molar-refractivity contribution in [3.63, 3.8) is 0 Å². The van der Waals surface area contributed by atoms with E-state index in [1.165, 1.54) is 0 Å². The number of hydrogen-bond acceptors (Lipinski definition) is 4. The van der Waals surface area contributed by atoms with Gasteiger partial charge in [0.2, 0.25) is 5.91 Å². The smallest absolute Gasteiger partial charge is 0.236 e. The average molecular weight is 201 g/mol. The van der Waals surface area contributed by atoms with Crippen molar-refractivity contribution in [3.05, 3.63) is 0 Å². The number of carbonyl (C=O) groups is 1. The van der Waals surface area contributed by atoms with E-state index in [2.05, 4.69) is 10.6 Å². The SMILES string of the molecule is CC(N)C(=O)NCCC1CNCCO1. The first-order chi connectivity index (χ1) is 6.70. The molecule has 0 bridgehead atoms. The Balaban J connectivity index is 2.05. The minimum Gasteiger partial charge on any atom is -0.376 e. The maximum atomic E-state index is 11.1. The van der Waals surface area contributed by atoms with Crippen molar-refractivity contribution in [2.45, 2.75) is 25.5 Å². The Bertz CT molecular complexity index is 179. The summed E-state index contributed by atoms with van der Waals surface area (Å²) in [7, 11) is 0. The van der Waals surface area contributed by atoms with Crippen LogP contribution >= 0.6 is 0 Å². The molecule has 2 atom stereocenters. The van der Waals surface area contributed by atoms with Crippen LogP contribution in [0.4, 0.5) is 0 Å². The van der Waals surface area contributed by atoms with Crippen LogP contribution in [-0.2, 0) is 9.53 Å². The molecule has 1 rings (SSSR count). The molecule has 82 valence electrons. The van der Waals surface area contributed by atoms with Gasteiger partial charge in [-0.3, -0.25) is 4.79 Å². The Morgan fingerprint density at radius 3 is 3.14 bits per heavy atom. The van der Waals surface area contributed by atoms with Crippen LogP contribution in [0, 0.1) is 0 Å². The van der Waals surface area contributed by atoms with Gasteiger partial charge in [-0.2, -0.15) is 0 Å². The number of carbonyl (C=O) groups excluding carboxylic acids is 1. The van der Waals surface area contributed by atoms with Gasteiger partial charge in [-0.1, -0.05) is 0 Å². The second-order valence-corrected chi connectivity index (χ2v) is 3.57. The fourth-order valence-electron chi connectivity index (χ4n) is 1.32. The van der Waals surface area contributed by atoms with E-state index in [1.807, 2.05) is 0 Å². The molecule has 2 unspecified atom stereocenters. The van der Waals surface area contributed by atoms with Crippen molar-refractivity contribution in [2.24, 2.45) is 5.73 Å². The molecule has 0 radical (unpaired) electrons. The number of rotatable bonds is 4. The molecule has 1 heterocycles. The van der Waals surface area contributed by atoms with Gasteiger partial charge in [0, 0.05) is 19.6 Å². The van der Waals surface area contributed by atoms with Crippen LogP contribution in [0.5, 0.6) is 0 Å². The molecule has 0 aromatic carbocycles. The molecule has 0 spiro atoms. The summed E-state index contributed by atoms with van der Waals surface area (Å²) in [5.41, 5.74) is 5.40. The fourth-order valence-corrected chi connectivity index (χ4v) is 1.32. The van der Waals surface area contributed by atoms with E-state index < -0.39 is 6.04 Å². The molecule has 1 aliphatic rings. The molecule has 5 heteroatoms. The average Bonchev–Trinajstić information content (AvgIpc) is 2.19. The predicted molar refractivity (Wildman–Crippen MR) is 53.9 cm³/mol. The van der Waals surface area contributed by atoms with Crippen LogP contribution in [0.15, 0.2) is 0 Å². The van der Waals surface area contributed by atoms with Gasteiger partial charge < -0.3 is 21.1 Å².